The molecule has 2 aromatic rings. The van der Waals surface area contributed by atoms with Gasteiger partial charge < -0.3 is 0 Å². The predicted octanol–water partition coefficient (Wildman–Crippen LogP) is 2.80. The third kappa shape index (κ3) is 1.48. The molecule has 2 nitrogen and oxygen atoms in total. The lowest BCUT2D eigenvalue weighted by Gasteiger charge is -2.00. The molecule has 0 aliphatic rings. The maximum atomic E-state index is 12.8. The van der Waals surface area contributed by atoms with E-state index in [2.05, 4.69) is 16.5 Å². The molecule has 1 aromatic carbocycles. The smallest absolute Gasteiger partial charge is 0.125 e. The molecule has 1 aromatic heterocycles. The van der Waals surface area contributed by atoms with Crippen LogP contribution in [0.2, 0.25) is 0 Å². The van der Waals surface area contributed by atoms with E-state index >= 15 is 0 Å². The van der Waals surface area contributed by atoms with Crippen molar-refractivity contribution in [3.8, 4) is 0 Å². The molecule has 2 rings (SSSR count). The van der Waals surface area contributed by atoms with Gasteiger partial charge in [0.2, 0.25) is 0 Å². The van der Waals surface area contributed by atoms with Gasteiger partial charge in [-0.25, -0.2) is 9.37 Å². The predicted molar refractivity (Wildman–Crippen MR) is 54.2 cm³/mol. The quantitative estimate of drug-likeness (QED) is 0.687. The number of hydrogen-bond donors (Lipinski definition) is 0. The summed E-state index contributed by atoms with van der Waals surface area (Å²) in [6.07, 6.45) is 1.60. The van der Waals surface area contributed by atoms with Crippen molar-refractivity contribution in [1.82, 2.24) is 9.97 Å². The molecule has 0 saturated heterocycles. The minimum Gasteiger partial charge on any atom is -0.252 e. The Hall–Kier alpha value is -1.77. The number of halogens is 1. The van der Waals surface area contributed by atoms with E-state index in [-0.39, 0.29) is 5.82 Å². The molecule has 3 heteroatoms. The van der Waals surface area contributed by atoms with E-state index < -0.39 is 0 Å². The highest BCUT2D eigenvalue weighted by atomic mass is 19.1. The zero-order chi connectivity index (χ0) is 10.1. The Morgan fingerprint density at radius 1 is 1.36 bits per heavy atom. The van der Waals surface area contributed by atoms with Crippen molar-refractivity contribution in [2.24, 2.45) is 0 Å². The summed E-state index contributed by atoms with van der Waals surface area (Å²) in [4.78, 5) is 8.39. The van der Waals surface area contributed by atoms with Gasteiger partial charge in [0.25, 0.3) is 0 Å². The Labute approximate surface area is 81.1 Å². The summed E-state index contributed by atoms with van der Waals surface area (Å²) in [6.45, 7) is 5.63. The van der Waals surface area contributed by atoms with Crippen LogP contribution in [-0.4, -0.2) is 9.97 Å². The molecule has 0 aliphatic heterocycles. The number of benzene rings is 1. The van der Waals surface area contributed by atoms with Crippen molar-refractivity contribution in [3.05, 3.63) is 42.5 Å². The molecule has 0 unspecified atom stereocenters. The summed E-state index contributed by atoms with van der Waals surface area (Å²) in [5.74, 6) is -0.296. The van der Waals surface area contributed by atoms with Gasteiger partial charge in [-0.15, -0.1) is 0 Å². The first-order chi connectivity index (χ1) is 6.66. The lowest BCUT2D eigenvalue weighted by molar-refractivity contribution is 0.629. The molecular formula is C11H9FN2. The van der Waals surface area contributed by atoms with Gasteiger partial charge in [-0.1, -0.05) is 6.58 Å². The van der Waals surface area contributed by atoms with E-state index in [9.17, 15) is 4.39 Å². The molecule has 0 N–H and O–H groups in total. The van der Waals surface area contributed by atoms with Gasteiger partial charge in [0.1, 0.15) is 5.82 Å². The van der Waals surface area contributed by atoms with Crippen LogP contribution < -0.4 is 0 Å². The molecule has 0 aliphatic carbocycles. The third-order valence-corrected chi connectivity index (χ3v) is 1.94. The van der Waals surface area contributed by atoms with Crippen molar-refractivity contribution < 1.29 is 4.39 Å². The number of nitrogens with zero attached hydrogens (tertiary/aromatic N) is 2. The largest absolute Gasteiger partial charge is 0.252 e. The molecule has 0 bridgehead atoms. The minimum atomic E-state index is -0.296. The molecule has 0 radical (unpaired) electrons. The van der Waals surface area contributed by atoms with Crippen LogP contribution in [0.5, 0.6) is 0 Å². The first-order valence-corrected chi connectivity index (χ1v) is 4.25. The van der Waals surface area contributed by atoms with Gasteiger partial charge in [-0.3, -0.25) is 4.98 Å². The molecule has 1 heterocycles. The summed E-state index contributed by atoms with van der Waals surface area (Å²) >= 11 is 0. The fraction of sp³-hybridized carbons (Fsp3) is 0.0909. The Morgan fingerprint density at radius 2 is 2.14 bits per heavy atom. The maximum Gasteiger partial charge on any atom is 0.125 e. The Balaban J connectivity index is 2.67. The highest BCUT2D eigenvalue weighted by Crippen LogP contribution is 2.14. The van der Waals surface area contributed by atoms with E-state index in [1.54, 1.807) is 12.3 Å². The average Bonchev–Trinajstić information content (AvgIpc) is 2.16. The number of rotatable bonds is 1. The van der Waals surface area contributed by atoms with Crippen LogP contribution in [0.25, 0.3) is 16.6 Å². The Kier molecular flexibility index (Phi) is 2.00. The van der Waals surface area contributed by atoms with Gasteiger partial charge >= 0.3 is 0 Å². The maximum absolute atomic E-state index is 12.8. The van der Waals surface area contributed by atoms with Gasteiger partial charge in [0.15, 0.2) is 0 Å². The lowest BCUT2D eigenvalue weighted by atomic mass is 10.2. The molecule has 14 heavy (non-hydrogen) atoms. The first-order valence-electron chi connectivity index (χ1n) is 4.25. The molecule has 0 atom stereocenters. The third-order valence-electron chi connectivity index (χ3n) is 1.94. The summed E-state index contributed by atoms with van der Waals surface area (Å²) in [5, 5.41) is 0. The minimum absolute atomic E-state index is 0.296. The summed E-state index contributed by atoms with van der Waals surface area (Å²) in [6, 6.07) is 4.36. The monoisotopic (exact) mass is 188 g/mol. The highest BCUT2D eigenvalue weighted by Gasteiger charge is 2.01. The second-order valence-electron chi connectivity index (χ2n) is 3.17. The van der Waals surface area contributed by atoms with Gasteiger partial charge in [0.05, 0.1) is 22.9 Å². The van der Waals surface area contributed by atoms with Gasteiger partial charge in [0, 0.05) is 6.07 Å². The fourth-order valence-corrected chi connectivity index (χ4v) is 1.19. The van der Waals surface area contributed by atoms with Crippen LogP contribution >= 0.6 is 0 Å². The normalized spacial score (nSPS) is 10.4. The van der Waals surface area contributed by atoms with Crippen molar-refractivity contribution in [2.45, 2.75) is 6.92 Å². The Morgan fingerprint density at radius 3 is 2.86 bits per heavy atom. The zero-order valence-corrected chi connectivity index (χ0v) is 7.79. The Bertz CT molecular complexity index is 506. The van der Waals surface area contributed by atoms with Crippen molar-refractivity contribution in [2.75, 3.05) is 0 Å². The van der Waals surface area contributed by atoms with Crippen molar-refractivity contribution in [1.29, 1.82) is 0 Å². The number of aromatic nitrogens is 2. The SMILES string of the molecule is C=C(C)c1cnc2cc(F)ccc2n1. The fourth-order valence-electron chi connectivity index (χ4n) is 1.19. The number of hydrogen-bond acceptors (Lipinski definition) is 2. The molecule has 70 valence electrons. The van der Waals surface area contributed by atoms with E-state index in [1.165, 1.54) is 12.1 Å². The lowest BCUT2D eigenvalue weighted by Crippen LogP contribution is -1.90. The highest BCUT2D eigenvalue weighted by molar-refractivity contribution is 5.76. The molecule has 0 amide bonds. The molecule has 0 spiro atoms. The molecule has 0 fully saturated rings. The van der Waals surface area contributed by atoms with Gasteiger partial charge in [-0.05, 0) is 24.6 Å². The van der Waals surface area contributed by atoms with Crippen LogP contribution in [0.4, 0.5) is 4.39 Å². The van der Waals surface area contributed by atoms with Crippen LogP contribution in [0.1, 0.15) is 12.6 Å². The first kappa shape index (κ1) is 8.81. The second-order valence-corrected chi connectivity index (χ2v) is 3.17. The summed E-state index contributed by atoms with van der Waals surface area (Å²) in [5.41, 5.74) is 2.84. The van der Waals surface area contributed by atoms with E-state index in [4.69, 9.17) is 0 Å². The van der Waals surface area contributed by atoms with Crippen LogP contribution in [0.3, 0.4) is 0 Å². The molecular weight excluding hydrogens is 179 g/mol. The van der Waals surface area contributed by atoms with Crippen LogP contribution in [0.15, 0.2) is 31.0 Å². The number of allylic oxidation sites excluding steroid dienone is 1. The zero-order valence-electron chi connectivity index (χ0n) is 7.79. The summed E-state index contributed by atoms with van der Waals surface area (Å²) < 4.78 is 12.8. The van der Waals surface area contributed by atoms with Crippen molar-refractivity contribution >= 4 is 16.6 Å². The van der Waals surface area contributed by atoms with E-state index in [0.29, 0.717) is 11.0 Å². The number of fused-ring (bicyclic) bond motifs is 1. The van der Waals surface area contributed by atoms with Crippen molar-refractivity contribution in [3.63, 3.8) is 0 Å². The van der Waals surface area contributed by atoms with E-state index in [1.807, 2.05) is 6.92 Å². The van der Waals surface area contributed by atoms with Gasteiger partial charge in [-0.2, -0.15) is 0 Å². The van der Waals surface area contributed by atoms with Crippen LogP contribution in [-0.2, 0) is 0 Å². The molecule has 0 saturated carbocycles. The second kappa shape index (κ2) is 3.18. The van der Waals surface area contributed by atoms with E-state index in [0.717, 1.165) is 11.3 Å². The topological polar surface area (TPSA) is 25.8 Å². The standard InChI is InChI=1S/C11H9FN2/c1-7(2)11-6-13-10-5-8(12)3-4-9(10)14-11/h3-6H,1H2,2H3. The van der Waals surface area contributed by atoms with Crippen LogP contribution in [0, 0.1) is 5.82 Å². The average molecular weight is 188 g/mol. The summed E-state index contributed by atoms with van der Waals surface area (Å²) in [7, 11) is 0.